The molecule has 0 spiro atoms. The Labute approximate surface area is 142 Å². The summed E-state index contributed by atoms with van der Waals surface area (Å²) in [5, 5.41) is 13.4. The number of ether oxygens (including phenoxy) is 1. The summed E-state index contributed by atoms with van der Waals surface area (Å²) < 4.78 is 5.42. The number of nitrogens with zero attached hydrogens (tertiary/aromatic N) is 1. The van der Waals surface area contributed by atoms with Crippen molar-refractivity contribution in [2.45, 2.75) is 26.2 Å². The molecule has 0 fully saturated rings. The number of nitrogens with one attached hydrogen (secondary N) is 1. The molecule has 0 saturated carbocycles. The minimum atomic E-state index is -0.364. The number of para-hydroxylation sites is 1. The summed E-state index contributed by atoms with van der Waals surface area (Å²) in [6.07, 6.45) is 4.77. The van der Waals surface area contributed by atoms with Crippen LogP contribution >= 0.6 is 0 Å². The highest BCUT2D eigenvalue weighted by Gasteiger charge is 2.02. The summed E-state index contributed by atoms with van der Waals surface area (Å²) in [6, 6.07) is 14.5. The Hall–Kier alpha value is -2.82. The van der Waals surface area contributed by atoms with E-state index in [9.17, 15) is 9.90 Å². The summed E-state index contributed by atoms with van der Waals surface area (Å²) in [5.41, 5.74) is 4.16. The van der Waals surface area contributed by atoms with Crippen molar-refractivity contribution in [2.75, 3.05) is 6.61 Å². The highest BCUT2D eigenvalue weighted by molar-refractivity contribution is 5.85. The second kappa shape index (κ2) is 9.35. The number of amides is 1. The average molecular weight is 326 g/mol. The van der Waals surface area contributed by atoms with Crippen LogP contribution in [0.15, 0.2) is 53.6 Å². The van der Waals surface area contributed by atoms with Crippen molar-refractivity contribution in [3.05, 3.63) is 59.7 Å². The molecule has 0 heterocycles. The van der Waals surface area contributed by atoms with Gasteiger partial charge in [0.25, 0.3) is 5.91 Å². The number of unbranched alkanes of at least 4 members (excludes halogenated alkanes) is 1. The van der Waals surface area contributed by atoms with Crippen LogP contribution in [-0.2, 0) is 11.2 Å². The predicted molar refractivity (Wildman–Crippen MR) is 94.4 cm³/mol. The number of carbonyl (C=O) groups is 1. The van der Waals surface area contributed by atoms with Crippen molar-refractivity contribution in [1.29, 1.82) is 0 Å². The molecular weight excluding hydrogens is 304 g/mol. The van der Waals surface area contributed by atoms with E-state index in [0.29, 0.717) is 11.3 Å². The third kappa shape index (κ3) is 5.76. The SMILES string of the molecule is CCCCc1ccc(OCC(=O)N/N=C/c2ccccc2O)cc1. The quantitative estimate of drug-likeness (QED) is 0.578. The summed E-state index contributed by atoms with van der Waals surface area (Å²) in [7, 11) is 0. The second-order valence-corrected chi connectivity index (χ2v) is 5.39. The molecule has 0 saturated heterocycles. The minimum absolute atomic E-state index is 0.106. The van der Waals surface area contributed by atoms with Crippen LogP contribution in [0.4, 0.5) is 0 Å². The first-order valence-electron chi connectivity index (χ1n) is 8.00. The second-order valence-electron chi connectivity index (χ2n) is 5.39. The van der Waals surface area contributed by atoms with E-state index < -0.39 is 0 Å². The van der Waals surface area contributed by atoms with E-state index in [1.807, 2.05) is 24.3 Å². The van der Waals surface area contributed by atoms with Gasteiger partial charge in [-0.1, -0.05) is 37.6 Å². The van der Waals surface area contributed by atoms with E-state index in [-0.39, 0.29) is 18.3 Å². The third-order valence-corrected chi connectivity index (χ3v) is 3.44. The Kier molecular flexibility index (Phi) is 6.83. The lowest BCUT2D eigenvalue weighted by atomic mass is 10.1. The molecule has 5 nitrogen and oxygen atoms in total. The maximum Gasteiger partial charge on any atom is 0.277 e. The zero-order chi connectivity index (χ0) is 17.2. The zero-order valence-corrected chi connectivity index (χ0v) is 13.7. The molecule has 2 rings (SSSR count). The summed E-state index contributed by atoms with van der Waals surface area (Å²) >= 11 is 0. The van der Waals surface area contributed by atoms with E-state index in [1.165, 1.54) is 18.2 Å². The molecule has 126 valence electrons. The van der Waals surface area contributed by atoms with Crippen LogP contribution in [-0.4, -0.2) is 23.8 Å². The zero-order valence-electron chi connectivity index (χ0n) is 13.7. The highest BCUT2D eigenvalue weighted by atomic mass is 16.5. The van der Waals surface area contributed by atoms with Gasteiger partial charge in [-0.15, -0.1) is 0 Å². The van der Waals surface area contributed by atoms with Crippen molar-refractivity contribution in [3.8, 4) is 11.5 Å². The Morgan fingerprint density at radius 2 is 1.96 bits per heavy atom. The number of carbonyl (C=O) groups excluding carboxylic acids is 1. The van der Waals surface area contributed by atoms with Gasteiger partial charge in [-0.2, -0.15) is 5.10 Å². The standard InChI is InChI=1S/C19H22N2O3/c1-2-3-6-15-9-11-17(12-10-15)24-14-19(23)21-20-13-16-7-4-5-8-18(16)22/h4-5,7-13,22H,2-3,6,14H2,1H3,(H,21,23)/b20-13+. The van der Waals surface area contributed by atoms with Gasteiger partial charge in [0.2, 0.25) is 0 Å². The van der Waals surface area contributed by atoms with Crippen molar-refractivity contribution in [3.63, 3.8) is 0 Å². The number of aromatic hydroxyl groups is 1. The molecule has 2 N–H and O–H groups in total. The molecule has 0 atom stereocenters. The Morgan fingerprint density at radius 3 is 2.67 bits per heavy atom. The fraction of sp³-hybridized carbons (Fsp3) is 0.263. The number of phenols is 1. The van der Waals surface area contributed by atoms with Crippen molar-refractivity contribution >= 4 is 12.1 Å². The smallest absolute Gasteiger partial charge is 0.277 e. The molecule has 1 amide bonds. The van der Waals surface area contributed by atoms with Crippen LogP contribution < -0.4 is 10.2 Å². The lowest BCUT2D eigenvalue weighted by molar-refractivity contribution is -0.123. The molecule has 0 aliphatic carbocycles. The average Bonchev–Trinajstić information content (AvgIpc) is 2.61. The van der Waals surface area contributed by atoms with Crippen LogP contribution in [0.25, 0.3) is 0 Å². The summed E-state index contributed by atoms with van der Waals surface area (Å²) in [5.74, 6) is 0.390. The topological polar surface area (TPSA) is 70.9 Å². The van der Waals surface area contributed by atoms with Crippen LogP contribution in [0.3, 0.4) is 0 Å². The third-order valence-electron chi connectivity index (χ3n) is 3.44. The van der Waals surface area contributed by atoms with E-state index in [2.05, 4.69) is 17.5 Å². The van der Waals surface area contributed by atoms with Gasteiger partial charge in [-0.25, -0.2) is 5.43 Å². The molecule has 2 aromatic carbocycles. The van der Waals surface area contributed by atoms with E-state index >= 15 is 0 Å². The molecule has 0 unspecified atom stereocenters. The number of aryl methyl sites for hydroxylation is 1. The lowest BCUT2D eigenvalue weighted by Crippen LogP contribution is -2.24. The molecule has 0 aromatic heterocycles. The largest absolute Gasteiger partial charge is 0.507 e. The van der Waals surface area contributed by atoms with Crippen LogP contribution in [0.2, 0.25) is 0 Å². The first-order valence-corrected chi connectivity index (χ1v) is 8.00. The molecule has 0 aliphatic heterocycles. The fourth-order valence-electron chi connectivity index (χ4n) is 2.08. The van der Waals surface area contributed by atoms with Gasteiger partial charge in [0.15, 0.2) is 6.61 Å². The molecule has 0 bridgehead atoms. The molecule has 2 aromatic rings. The predicted octanol–water partition coefficient (Wildman–Crippen LogP) is 3.26. The van der Waals surface area contributed by atoms with Gasteiger partial charge in [0.1, 0.15) is 11.5 Å². The number of benzene rings is 2. The Balaban J connectivity index is 1.76. The number of hydrogen-bond donors (Lipinski definition) is 2. The van der Waals surface area contributed by atoms with Gasteiger partial charge >= 0.3 is 0 Å². The summed E-state index contributed by atoms with van der Waals surface area (Å²) in [4.78, 5) is 11.7. The number of phenolic OH excluding ortho intramolecular Hbond substituents is 1. The maximum absolute atomic E-state index is 11.7. The van der Waals surface area contributed by atoms with Gasteiger partial charge in [0, 0.05) is 5.56 Å². The molecule has 24 heavy (non-hydrogen) atoms. The van der Waals surface area contributed by atoms with Gasteiger partial charge in [-0.3, -0.25) is 4.79 Å². The first kappa shape index (κ1) is 17.5. The van der Waals surface area contributed by atoms with Crippen molar-refractivity contribution in [1.82, 2.24) is 5.43 Å². The van der Waals surface area contributed by atoms with E-state index in [4.69, 9.17) is 4.74 Å². The van der Waals surface area contributed by atoms with Gasteiger partial charge < -0.3 is 9.84 Å². The van der Waals surface area contributed by atoms with Gasteiger partial charge in [0.05, 0.1) is 6.21 Å². The molecular formula is C19H22N2O3. The number of hydrazone groups is 1. The first-order chi connectivity index (χ1) is 11.7. The Morgan fingerprint density at radius 1 is 1.21 bits per heavy atom. The van der Waals surface area contributed by atoms with Crippen molar-refractivity contribution in [2.24, 2.45) is 5.10 Å². The number of rotatable bonds is 8. The van der Waals surface area contributed by atoms with Crippen molar-refractivity contribution < 1.29 is 14.6 Å². The monoisotopic (exact) mass is 326 g/mol. The van der Waals surface area contributed by atoms with Crippen LogP contribution in [0, 0.1) is 0 Å². The highest BCUT2D eigenvalue weighted by Crippen LogP contribution is 2.14. The van der Waals surface area contributed by atoms with Gasteiger partial charge in [-0.05, 0) is 42.7 Å². The Bertz CT molecular complexity index is 681. The van der Waals surface area contributed by atoms with Crippen LogP contribution in [0.1, 0.15) is 30.9 Å². The fourth-order valence-corrected chi connectivity index (χ4v) is 2.08. The van der Waals surface area contributed by atoms with Crippen LogP contribution in [0.5, 0.6) is 11.5 Å². The lowest BCUT2D eigenvalue weighted by Gasteiger charge is -2.06. The minimum Gasteiger partial charge on any atom is -0.507 e. The molecule has 0 aliphatic rings. The molecule has 5 heteroatoms. The number of hydrogen-bond acceptors (Lipinski definition) is 4. The van der Waals surface area contributed by atoms with E-state index in [0.717, 1.165) is 12.8 Å². The molecule has 0 radical (unpaired) electrons. The maximum atomic E-state index is 11.7. The normalized spacial score (nSPS) is 10.7. The summed E-state index contributed by atoms with van der Waals surface area (Å²) in [6.45, 7) is 2.05. The van der Waals surface area contributed by atoms with E-state index in [1.54, 1.807) is 24.3 Å².